The van der Waals surface area contributed by atoms with E-state index in [1.54, 1.807) is 6.07 Å². The van der Waals surface area contributed by atoms with Crippen molar-refractivity contribution in [3.05, 3.63) is 52.0 Å². The van der Waals surface area contributed by atoms with E-state index in [4.69, 9.17) is 33.0 Å². The number of aliphatic carboxylic acids is 1. The van der Waals surface area contributed by atoms with Gasteiger partial charge in [-0.15, -0.1) is 0 Å². The van der Waals surface area contributed by atoms with Crippen LogP contribution in [-0.2, 0) is 21.4 Å². The van der Waals surface area contributed by atoms with Crippen LogP contribution >= 0.6 is 23.2 Å². The van der Waals surface area contributed by atoms with E-state index in [0.29, 0.717) is 10.6 Å². The molecule has 2 amide bonds. The van der Waals surface area contributed by atoms with Crippen LogP contribution in [0.1, 0.15) is 12.5 Å². The maximum absolute atomic E-state index is 13.0. The predicted molar refractivity (Wildman–Crippen MR) is 107 cm³/mol. The Bertz CT molecular complexity index is 1110. The fourth-order valence-electron chi connectivity index (χ4n) is 2.75. The largest absolute Gasteiger partial charge is 0.479 e. The number of anilines is 1. The highest BCUT2D eigenvalue weighted by molar-refractivity contribution is 7.90. The van der Waals surface area contributed by atoms with Crippen molar-refractivity contribution in [2.75, 3.05) is 11.9 Å². The zero-order chi connectivity index (χ0) is 21.5. The molecule has 1 aliphatic rings. The van der Waals surface area contributed by atoms with Gasteiger partial charge in [-0.05, 0) is 36.8 Å². The number of amides is 2. The van der Waals surface area contributed by atoms with Gasteiger partial charge in [-0.3, -0.25) is 4.90 Å². The van der Waals surface area contributed by atoms with Gasteiger partial charge in [0.1, 0.15) is 10.6 Å². The van der Waals surface area contributed by atoms with Crippen molar-refractivity contribution < 1.29 is 27.9 Å². The molecule has 8 nitrogen and oxygen atoms in total. The van der Waals surface area contributed by atoms with E-state index in [1.807, 2.05) is 0 Å². The van der Waals surface area contributed by atoms with Gasteiger partial charge in [0.2, 0.25) is 0 Å². The Balaban J connectivity index is 1.98. The summed E-state index contributed by atoms with van der Waals surface area (Å²) in [4.78, 5) is 24.8. The number of hydrogen-bond acceptors (Lipinski definition) is 5. The van der Waals surface area contributed by atoms with Crippen molar-refractivity contribution in [1.82, 2.24) is 4.31 Å². The Morgan fingerprint density at radius 1 is 1.17 bits per heavy atom. The lowest BCUT2D eigenvalue weighted by molar-refractivity contribution is -0.144. The van der Waals surface area contributed by atoms with Gasteiger partial charge in [-0.1, -0.05) is 29.3 Å². The zero-order valence-corrected chi connectivity index (χ0v) is 17.6. The summed E-state index contributed by atoms with van der Waals surface area (Å²) >= 11 is 11.9. The first-order valence-corrected chi connectivity index (χ1v) is 10.5. The standard InChI is InChI=1S/C18H16Cl2N2O6S/c1-10(17(23)24)28-12-4-6-16-15(8-12)21(2)18(25)22(29(16,26)27)9-11-3-5-13(19)14(20)7-11/h3-8,10H,9H2,1-2H3,(H,23,24). The Hall–Kier alpha value is -2.49. The number of sulfonamides is 1. The number of benzene rings is 2. The minimum Gasteiger partial charge on any atom is -0.479 e. The van der Waals surface area contributed by atoms with E-state index in [9.17, 15) is 18.0 Å². The summed E-state index contributed by atoms with van der Waals surface area (Å²) in [5.74, 6) is -1.04. The third-order valence-corrected chi connectivity index (χ3v) is 6.84. The van der Waals surface area contributed by atoms with Gasteiger partial charge in [0.25, 0.3) is 10.0 Å². The summed E-state index contributed by atoms with van der Waals surface area (Å²) in [6.07, 6.45) is -1.14. The highest BCUT2D eigenvalue weighted by atomic mass is 35.5. The van der Waals surface area contributed by atoms with E-state index in [1.165, 1.54) is 44.3 Å². The van der Waals surface area contributed by atoms with Gasteiger partial charge in [-0.2, -0.15) is 0 Å². The molecule has 1 N–H and O–H groups in total. The molecule has 0 aliphatic carbocycles. The maximum atomic E-state index is 13.0. The third-order valence-electron chi connectivity index (χ3n) is 4.33. The van der Waals surface area contributed by atoms with Gasteiger partial charge in [0, 0.05) is 13.1 Å². The number of urea groups is 1. The molecule has 0 saturated heterocycles. The predicted octanol–water partition coefficient (Wildman–Crippen LogP) is 3.61. The molecular formula is C18H16Cl2N2O6S. The van der Waals surface area contributed by atoms with Gasteiger partial charge in [0.15, 0.2) is 6.10 Å². The molecule has 0 aromatic heterocycles. The molecule has 0 bridgehead atoms. The van der Waals surface area contributed by atoms with E-state index in [0.717, 1.165) is 9.21 Å². The van der Waals surface area contributed by atoms with Crippen LogP contribution in [0, 0.1) is 0 Å². The molecule has 154 valence electrons. The Morgan fingerprint density at radius 3 is 2.48 bits per heavy atom. The summed E-state index contributed by atoms with van der Waals surface area (Å²) < 4.78 is 32.1. The number of ether oxygens (including phenoxy) is 1. The molecule has 0 spiro atoms. The number of carboxylic acids is 1. The summed E-state index contributed by atoms with van der Waals surface area (Å²) in [7, 11) is -2.73. The number of nitrogens with zero attached hydrogens (tertiary/aromatic N) is 2. The first kappa shape index (κ1) is 21.2. The second kappa shape index (κ2) is 7.74. The van der Waals surface area contributed by atoms with Gasteiger partial charge < -0.3 is 9.84 Å². The molecule has 1 aliphatic heterocycles. The second-order valence-electron chi connectivity index (χ2n) is 6.33. The van der Waals surface area contributed by atoms with Crippen LogP contribution < -0.4 is 9.64 Å². The highest BCUT2D eigenvalue weighted by Gasteiger charge is 2.40. The van der Waals surface area contributed by atoms with Crippen molar-refractivity contribution >= 4 is 50.9 Å². The number of hydrogen-bond donors (Lipinski definition) is 1. The molecule has 1 unspecified atom stereocenters. The van der Waals surface area contributed by atoms with Crippen molar-refractivity contribution in [2.45, 2.75) is 24.5 Å². The minimum atomic E-state index is -4.15. The van der Waals surface area contributed by atoms with E-state index >= 15 is 0 Å². The Labute approximate surface area is 177 Å². The van der Waals surface area contributed by atoms with Crippen molar-refractivity contribution in [3.63, 3.8) is 0 Å². The average molecular weight is 459 g/mol. The number of carbonyl (C=O) groups is 2. The number of fused-ring (bicyclic) bond motifs is 1. The third kappa shape index (κ3) is 3.98. The molecule has 11 heteroatoms. The van der Waals surface area contributed by atoms with Crippen LogP contribution in [0.15, 0.2) is 41.3 Å². The summed E-state index contributed by atoms with van der Waals surface area (Å²) in [5.41, 5.74) is 0.582. The highest BCUT2D eigenvalue weighted by Crippen LogP contribution is 2.37. The van der Waals surface area contributed by atoms with Crippen LogP contribution in [0.3, 0.4) is 0 Å². The van der Waals surface area contributed by atoms with Crippen molar-refractivity contribution in [3.8, 4) is 5.75 Å². The number of halogens is 2. The normalized spacial score (nSPS) is 16.3. The van der Waals surface area contributed by atoms with Crippen LogP contribution in [0.5, 0.6) is 5.75 Å². The average Bonchev–Trinajstić information content (AvgIpc) is 2.66. The maximum Gasteiger partial charge on any atom is 0.344 e. The second-order valence-corrected chi connectivity index (χ2v) is 8.97. The molecular weight excluding hydrogens is 443 g/mol. The molecule has 0 saturated carbocycles. The molecule has 2 aromatic carbocycles. The Kier molecular flexibility index (Phi) is 5.66. The van der Waals surface area contributed by atoms with Gasteiger partial charge in [0.05, 0.1) is 22.3 Å². The fraction of sp³-hybridized carbons (Fsp3) is 0.222. The first-order chi connectivity index (χ1) is 13.5. The lowest BCUT2D eigenvalue weighted by atomic mass is 10.2. The number of carboxylic acid groups (broad SMARTS) is 1. The SMILES string of the molecule is CC(Oc1ccc2c(c1)N(C)C(=O)N(Cc1ccc(Cl)c(Cl)c1)S2(=O)=O)C(=O)O. The smallest absolute Gasteiger partial charge is 0.344 e. The van der Waals surface area contributed by atoms with E-state index in [-0.39, 0.29) is 27.9 Å². The molecule has 0 fully saturated rings. The molecule has 1 atom stereocenters. The zero-order valence-electron chi connectivity index (χ0n) is 15.3. The Morgan fingerprint density at radius 2 is 1.86 bits per heavy atom. The quantitative estimate of drug-likeness (QED) is 0.733. The lowest BCUT2D eigenvalue weighted by Crippen LogP contribution is -2.48. The number of carbonyl (C=O) groups excluding carboxylic acids is 1. The summed E-state index contributed by atoms with van der Waals surface area (Å²) in [5, 5.41) is 9.52. The summed E-state index contributed by atoms with van der Waals surface area (Å²) in [6.45, 7) is 1.11. The lowest BCUT2D eigenvalue weighted by Gasteiger charge is -2.34. The topological polar surface area (TPSA) is 104 Å². The van der Waals surface area contributed by atoms with E-state index < -0.39 is 28.1 Å². The molecule has 29 heavy (non-hydrogen) atoms. The number of rotatable bonds is 5. The van der Waals surface area contributed by atoms with Crippen LogP contribution in [-0.4, -0.2) is 43.0 Å². The van der Waals surface area contributed by atoms with Crippen LogP contribution in [0.4, 0.5) is 10.5 Å². The van der Waals surface area contributed by atoms with Crippen LogP contribution in [0.2, 0.25) is 10.0 Å². The van der Waals surface area contributed by atoms with Crippen molar-refractivity contribution in [1.29, 1.82) is 0 Å². The summed E-state index contributed by atoms with van der Waals surface area (Å²) in [6, 6.07) is 7.76. The molecule has 0 radical (unpaired) electrons. The molecule has 1 heterocycles. The monoisotopic (exact) mass is 458 g/mol. The molecule has 2 aromatic rings. The van der Waals surface area contributed by atoms with Gasteiger partial charge in [-0.25, -0.2) is 22.3 Å². The molecule has 3 rings (SSSR count). The van der Waals surface area contributed by atoms with Gasteiger partial charge >= 0.3 is 12.0 Å². The van der Waals surface area contributed by atoms with Crippen molar-refractivity contribution in [2.24, 2.45) is 0 Å². The first-order valence-electron chi connectivity index (χ1n) is 8.30. The van der Waals surface area contributed by atoms with E-state index in [2.05, 4.69) is 0 Å². The van der Waals surface area contributed by atoms with Crippen LogP contribution in [0.25, 0.3) is 0 Å². The fourth-order valence-corrected chi connectivity index (χ4v) is 4.66. The minimum absolute atomic E-state index is 0.0930.